The van der Waals surface area contributed by atoms with Crippen molar-refractivity contribution >= 4 is 5.90 Å². The fourth-order valence-electron chi connectivity index (χ4n) is 3.08. The maximum absolute atomic E-state index is 14.5. The van der Waals surface area contributed by atoms with Crippen molar-refractivity contribution in [2.75, 3.05) is 20.1 Å². The molecular weight excluding hydrogens is 444 g/mol. The number of likely N-dealkylation sites (N-methyl/N-ethyl adjacent to an activating group) is 1. The molecule has 1 saturated heterocycles. The number of nitrogens with zero attached hydrogens (tertiary/aromatic N) is 4. The Kier molecular flexibility index (Phi) is 7.42. The van der Waals surface area contributed by atoms with E-state index in [0.717, 1.165) is 11.3 Å². The Morgan fingerprint density at radius 3 is 2.67 bits per heavy atom. The molecule has 1 aromatic carbocycles. The summed E-state index contributed by atoms with van der Waals surface area (Å²) in [7, 11) is 1.84. The minimum absolute atomic E-state index is 0.0159. The largest absolute Gasteiger partial charge is 0.473 e. The average Bonchev–Trinajstić information content (AvgIpc) is 2.99. The van der Waals surface area contributed by atoms with Crippen LogP contribution in [0.3, 0.4) is 0 Å². The molecule has 7 nitrogen and oxygen atoms in total. The van der Waals surface area contributed by atoms with E-state index in [2.05, 4.69) is 9.98 Å². The Balaban J connectivity index is 1.69. The average molecular weight is 468 g/mol. The van der Waals surface area contributed by atoms with Crippen molar-refractivity contribution in [2.24, 2.45) is 4.99 Å². The first kappa shape index (κ1) is 24.3. The smallest absolute Gasteiger partial charge is 0.433 e. The summed E-state index contributed by atoms with van der Waals surface area (Å²) in [6.45, 7) is 4.66. The van der Waals surface area contributed by atoms with E-state index in [4.69, 9.17) is 9.47 Å². The number of ether oxygens (including phenoxy) is 2. The van der Waals surface area contributed by atoms with Gasteiger partial charge in [-0.2, -0.15) is 13.2 Å². The summed E-state index contributed by atoms with van der Waals surface area (Å²) < 4.78 is 63.8. The van der Waals surface area contributed by atoms with Crippen LogP contribution < -0.4 is 4.74 Å². The minimum Gasteiger partial charge on any atom is -0.473 e. The number of aromatic nitrogens is 1. The van der Waals surface area contributed by atoms with Gasteiger partial charge in [-0.1, -0.05) is 6.07 Å². The first-order valence-electron chi connectivity index (χ1n) is 10.2. The number of alkyl halides is 3. The molecular formula is C22H24F4N4O3. The van der Waals surface area contributed by atoms with Gasteiger partial charge in [0.15, 0.2) is 11.6 Å². The lowest BCUT2D eigenvalue weighted by Gasteiger charge is -2.19. The molecule has 0 bridgehead atoms. The fourth-order valence-corrected chi connectivity index (χ4v) is 3.08. The zero-order valence-electron chi connectivity index (χ0n) is 18.3. The lowest BCUT2D eigenvalue weighted by molar-refractivity contribution is -0.141. The zero-order valence-corrected chi connectivity index (χ0v) is 18.3. The van der Waals surface area contributed by atoms with Crippen molar-refractivity contribution in [3.8, 4) is 11.5 Å². The van der Waals surface area contributed by atoms with Gasteiger partial charge in [-0.05, 0) is 37.6 Å². The van der Waals surface area contributed by atoms with Crippen molar-refractivity contribution < 1.29 is 32.2 Å². The fraction of sp³-hybridized carbons (Fsp3) is 0.364. The van der Waals surface area contributed by atoms with E-state index in [1.165, 1.54) is 24.3 Å². The first-order chi connectivity index (χ1) is 15.6. The number of hydroxylamine groups is 2. The Morgan fingerprint density at radius 1 is 1.30 bits per heavy atom. The third kappa shape index (κ3) is 6.13. The van der Waals surface area contributed by atoms with Gasteiger partial charge in [-0.25, -0.2) is 9.45 Å². The Bertz CT molecular complexity index is 1040. The van der Waals surface area contributed by atoms with Crippen molar-refractivity contribution in [2.45, 2.75) is 32.7 Å². The molecule has 0 aliphatic carbocycles. The maximum atomic E-state index is 14.5. The van der Waals surface area contributed by atoms with Crippen LogP contribution in [0.1, 0.15) is 25.1 Å². The van der Waals surface area contributed by atoms with Crippen LogP contribution >= 0.6 is 0 Å². The summed E-state index contributed by atoms with van der Waals surface area (Å²) in [6, 6.07) is 6.02. The second kappa shape index (κ2) is 10.1. The van der Waals surface area contributed by atoms with Gasteiger partial charge in [0, 0.05) is 38.0 Å². The summed E-state index contributed by atoms with van der Waals surface area (Å²) in [5.41, 5.74) is -0.673. The predicted octanol–water partition coefficient (Wildman–Crippen LogP) is 4.83. The van der Waals surface area contributed by atoms with E-state index < -0.39 is 17.7 Å². The van der Waals surface area contributed by atoms with E-state index in [0.29, 0.717) is 30.5 Å². The van der Waals surface area contributed by atoms with E-state index in [-0.39, 0.29) is 30.0 Å². The van der Waals surface area contributed by atoms with Gasteiger partial charge in [0.25, 0.3) is 0 Å². The molecule has 2 aromatic rings. The summed E-state index contributed by atoms with van der Waals surface area (Å²) in [4.78, 5) is 9.38. The van der Waals surface area contributed by atoms with Crippen molar-refractivity contribution in [1.82, 2.24) is 14.9 Å². The number of hydrogen-bond donors (Lipinski definition) is 1. The molecule has 1 unspecified atom stereocenters. The normalized spacial score (nSPS) is 18.2. The third-order valence-electron chi connectivity index (χ3n) is 4.92. The summed E-state index contributed by atoms with van der Waals surface area (Å²) >= 11 is 0. The molecule has 0 amide bonds. The molecule has 33 heavy (non-hydrogen) atoms. The predicted molar refractivity (Wildman–Crippen MR) is 112 cm³/mol. The number of aliphatic imine (C=N–C) groups is 1. The molecule has 2 heterocycles. The second-order valence-corrected chi connectivity index (χ2v) is 7.39. The number of halogens is 4. The lowest BCUT2D eigenvalue weighted by atomic mass is 10.2. The van der Waals surface area contributed by atoms with Gasteiger partial charge in [0.05, 0.1) is 6.54 Å². The van der Waals surface area contributed by atoms with Crippen LogP contribution in [0.5, 0.6) is 11.5 Å². The van der Waals surface area contributed by atoms with E-state index in [1.54, 1.807) is 6.08 Å². The highest BCUT2D eigenvalue weighted by Crippen LogP contribution is 2.32. The molecule has 178 valence electrons. The van der Waals surface area contributed by atoms with Crippen LogP contribution in [0.15, 0.2) is 53.4 Å². The first-order valence-corrected chi connectivity index (χ1v) is 10.2. The highest BCUT2D eigenvalue weighted by Gasteiger charge is 2.33. The Morgan fingerprint density at radius 2 is 2.06 bits per heavy atom. The SMILES string of the molecule is CCN=C(C=C1N(O)CC(C)N1C)OCc1ccc(Oc2ccnc(C(F)(F)F)c2)c(F)c1. The minimum atomic E-state index is -4.63. The van der Waals surface area contributed by atoms with Gasteiger partial charge < -0.3 is 14.4 Å². The summed E-state index contributed by atoms with van der Waals surface area (Å²) in [5.74, 6) is -0.391. The van der Waals surface area contributed by atoms with Gasteiger partial charge in [0.2, 0.25) is 5.90 Å². The third-order valence-corrected chi connectivity index (χ3v) is 4.92. The number of hydrogen-bond acceptors (Lipinski definition) is 7. The molecule has 1 atom stereocenters. The molecule has 3 rings (SSSR count). The summed E-state index contributed by atoms with van der Waals surface area (Å²) in [6.07, 6.45) is -2.09. The highest BCUT2D eigenvalue weighted by atomic mass is 19.4. The van der Waals surface area contributed by atoms with E-state index in [1.807, 2.05) is 25.8 Å². The molecule has 11 heteroatoms. The Hall–Kier alpha value is -3.34. The van der Waals surface area contributed by atoms with Gasteiger partial charge in [-0.3, -0.25) is 15.2 Å². The van der Waals surface area contributed by atoms with Crippen LogP contribution in [-0.4, -0.2) is 52.2 Å². The number of rotatable bonds is 6. The van der Waals surface area contributed by atoms with Crippen molar-refractivity contribution in [1.29, 1.82) is 0 Å². The number of pyridine rings is 1. The van der Waals surface area contributed by atoms with Crippen LogP contribution in [-0.2, 0) is 17.5 Å². The standard InChI is InChI=1S/C22H24F4N4O3/c1-4-27-20(11-21-29(3)14(2)12-30(21)31)32-13-15-5-6-18(17(23)9-15)33-16-7-8-28-19(10-16)22(24,25)26/h5-11,14,31H,4,12-13H2,1-3H3. The molecule has 0 radical (unpaired) electrons. The maximum Gasteiger partial charge on any atom is 0.433 e. The van der Waals surface area contributed by atoms with Gasteiger partial charge in [0.1, 0.15) is 23.9 Å². The van der Waals surface area contributed by atoms with Crippen molar-refractivity contribution in [3.63, 3.8) is 0 Å². The molecule has 0 saturated carbocycles. The molecule has 0 spiro atoms. The number of benzene rings is 1. The molecule has 1 N–H and O–H groups in total. The Labute approximate surface area is 188 Å². The topological polar surface area (TPSA) is 70.4 Å². The van der Waals surface area contributed by atoms with Crippen LogP contribution in [0.2, 0.25) is 0 Å². The molecule has 1 fully saturated rings. The van der Waals surface area contributed by atoms with Crippen LogP contribution in [0.4, 0.5) is 17.6 Å². The van der Waals surface area contributed by atoms with Crippen molar-refractivity contribution in [3.05, 3.63) is 65.5 Å². The van der Waals surface area contributed by atoms with Crippen LogP contribution in [0, 0.1) is 5.82 Å². The zero-order chi connectivity index (χ0) is 24.2. The molecule has 1 aliphatic heterocycles. The quantitative estimate of drug-likeness (QED) is 0.372. The lowest BCUT2D eigenvalue weighted by Crippen LogP contribution is -2.22. The van der Waals surface area contributed by atoms with E-state index in [9.17, 15) is 22.8 Å². The summed E-state index contributed by atoms with van der Waals surface area (Å²) in [5, 5.41) is 11.2. The van der Waals surface area contributed by atoms with Crippen LogP contribution in [0.25, 0.3) is 0 Å². The monoisotopic (exact) mass is 468 g/mol. The second-order valence-electron chi connectivity index (χ2n) is 7.39. The highest BCUT2D eigenvalue weighted by molar-refractivity contribution is 5.88. The van der Waals surface area contributed by atoms with E-state index >= 15 is 0 Å². The van der Waals surface area contributed by atoms with Gasteiger partial charge >= 0.3 is 6.18 Å². The molecule has 1 aliphatic rings. The van der Waals surface area contributed by atoms with Gasteiger partial charge in [-0.15, -0.1) is 0 Å². The molecule has 1 aromatic heterocycles.